The van der Waals surface area contributed by atoms with E-state index in [4.69, 9.17) is 0 Å². The van der Waals surface area contributed by atoms with Crippen LogP contribution < -0.4 is 10.6 Å². The first-order valence-corrected chi connectivity index (χ1v) is 6.25. The van der Waals surface area contributed by atoms with E-state index in [1.54, 1.807) is 0 Å². The van der Waals surface area contributed by atoms with Gasteiger partial charge in [-0.25, -0.2) is 4.99 Å². The van der Waals surface area contributed by atoms with Crippen LogP contribution in [-0.2, 0) is 13.6 Å². The van der Waals surface area contributed by atoms with Crippen molar-refractivity contribution in [3.63, 3.8) is 0 Å². The van der Waals surface area contributed by atoms with Gasteiger partial charge in [0.05, 0.1) is 0 Å². The molecule has 0 spiro atoms. The molecule has 1 heterocycles. The highest BCUT2D eigenvalue weighted by molar-refractivity contribution is 5.80. The lowest BCUT2D eigenvalue weighted by Crippen LogP contribution is -2.47. The van der Waals surface area contributed by atoms with Gasteiger partial charge < -0.3 is 15.2 Å². The average molecular weight is 252 g/mol. The van der Waals surface area contributed by atoms with Crippen LogP contribution >= 0.6 is 0 Å². The van der Waals surface area contributed by atoms with Gasteiger partial charge >= 0.3 is 0 Å². The largest absolute Gasteiger partial charge is 0.357 e. The Labute approximate surface area is 109 Å². The number of aliphatic imine (C=N–C) groups is 1. The lowest BCUT2D eigenvalue weighted by Gasteiger charge is -2.23. The number of hydrogen-bond acceptors (Lipinski definition) is 3. The Morgan fingerprint density at radius 1 is 1.33 bits per heavy atom. The Morgan fingerprint density at radius 2 is 2.00 bits per heavy atom. The van der Waals surface area contributed by atoms with Gasteiger partial charge in [-0.2, -0.15) is 0 Å². The smallest absolute Gasteiger partial charge is 0.192 e. The van der Waals surface area contributed by atoms with Gasteiger partial charge in [0.15, 0.2) is 11.8 Å². The van der Waals surface area contributed by atoms with Crippen molar-refractivity contribution in [3.05, 3.63) is 11.6 Å². The maximum atomic E-state index is 4.51. The Balaban J connectivity index is 2.74. The van der Waals surface area contributed by atoms with Crippen molar-refractivity contribution in [1.29, 1.82) is 0 Å². The summed E-state index contributed by atoms with van der Waals surface area (Å²) < 4.78 is 1.95. The second-order valence-electron chi connectivity index (χ2n) is 5.29. The van der Waals surface area contributed by atoms with E-state index in [0.717, 1.165) is 24.2 Å². The Kier molecular flexibility index (Phi) is 4.69. The minimum absolute atomic E-state index is 0.0171. The second-order valence-corrected chi connectivity index (χ2v) is 5.29. The zero-order valence-electron chi connectivity index (χ0n) is 12.2. The highest BCUT2D eigenvalue weighted by Gasteiger charge is 2.12. The molecule has 102 valence electrons. The predicted molar refractivity (Wildman–Crippen MR) is 73.4 cm³/mol. The van der Waals surface area contributed by atoms with Gasteiger partial charge in [0.1, 0.15) is 12.4 Å². The molecule has 6 nitrogen and oxygen atoms in total. The molecule has 1 rings (SSSR count). The minimum Gasteiger partial charge on any atom is -0.357 e. The minimum atomic E-state index is -0.0171. The number of guanidine groups is 1. The predicted octanol–water partition coefficient (Wildman–Crippen LogP) is 0.977. The van der Waals surface area contributed by atoms with Gasteiger partial charge in [-0.15, -0.1) is 10.2 Å². The molecule has 0 aromatic carbocycles. The summed E-state index contributed by atoms with van der Waals surface area (Å²) in [5.74, 6) is 2.55. The van der Waals surface area contributed by atoms with E-state index < -0.39 is 0 Å². The van der Waals surface area contributed by atoms with Crippen LogP contribution in [0, 0.1) is 6.92 Å². The monoisotopic (exact) mass is 252 g/mol. The van der Waals surface area contributed by atoms with Gasteiger partial charge in [-0.05, 0) is 34.6 Å². The molecule has 1 aromatic heterocycles. The van der Waals surface area contributed by atoms with Crippen LogP contribution in [0.5, 0.6) is 0 Å². The first kappa shape index (κ1) is 14.5. The molecule has 2 N–H and O–H groups in total. The maximum absolute atomic E-state index is 4.51. The van der Waals surface area contributed by atoms with Gasteiger partial charge in [0, 0.05) is 19.1 Å². The van der Waals surface area contributed by atoms with Crippen LogP contribution in [0.4, 0.5) is 0 Å². The summed E-state index contributed by atoms with van der Waals surface area (Å²) in [5.41, 5.74) is -0.0171. The lowest BCUT2D eigenvalue weighted by molar-refractivity contribution is 0.501. The zero-order valence-corrected chi connectivity index (χ0v) is 12.2. The van der Waals surface area contributed by atoms with Crippen molar-refractivity contribution in [3.8, 4) is 0 Å². The molecule has 0 fully saturated rings. The van der Waals surface area contributed by atoms with Crippen molar-refractivity contribution in [2.75, 3.05) is 6.54 Å². The molecule has 0 aliphatic rings. The van der Waals surface area contributed by atoms with E-state index in [1.165, 1.54) is 0 Å². The second kappa shape index (κ2) is 5.84. The molecule has 0 radical (unpaired) electrons. The molecule has 0 saturated heterocycles. The Morgan fingerprint density at radius 3 is 2.44 bits per heavy atom. The third kappa shape index (κ3) is 4.35. The van der Waals surface area contributed by atoms with Gasteiger partial charge in [0.25, 0.3) is 0 Å². The first-order chi connectivity index (χ1) is 8.33. The standard InChI is InChI=1S/C12H24N6/c1-7-13-11(15-12(3,4)5)14-8-10-17-16-9(2)18(10)6/h7-8H2,1-6H3,(H2,13,14,15). The average Bonchev–Trinajstić information content (AvgIpc) is 2.55. The molecule has 1 aromatic rings. The summed E-state index contributed by atoms with van der Waals surface area (Å²) in [7, 11) is 1.95. The van der Waals surface area contributed by atoms with Crippen LogP contribution in [0.15, 0.2) is 4.99 Å². The first-order valence-electron chi connectivity index (χ1n) is 6.25. The molecular formula is C12H24N6. The fourth-order valence-electron chi connectivity index (χ4n) is 1.40. The van der Waals surface area contributed by atoms with Crippen LogP contribution in [0.25, 0.3) is 0 Å². The number of hydrogen-bond donors (Lipinski definition) is 2. The summed E-state index contributed by atoms with van der Waals surface area (Å²) in [4.78, 5) is 4.51. The molecule has 0 saturated carbocycles. The Bertz CT molecular complexity index is 413. The molecule has 0 aliphatic carbocycles. The van der Waals surface area contributed by atoms with Crippen molar-refractivity contribution in [2.45, 2.75) is 46.7 Å². The summed E-state index contributed by atoms with van der Waals surface area (Å²) >= 11 is 0. The van der Waals surface area contributed by atoms with Crippen LogP contribution in [0.2, 0.25) is 0 Å². The maximum Gasteiger partial charge on any atom is 0.192 e. The third-order valence-electron chi connectivity index (χ3n) is 2.40. The number of aryl methyl sites for hydroxylation is 1. The molecule has 0 amide bonds. The summed E-state index contributed by atoms with van der Waals surface area (Å²) in [6.07, 6.45) is 0. The molecule has 0 atom stereocenters. The quantitative estimate of drug-likeness (QED) is 0.621. The van der Waals surface area contributed by atoms with Crippen LogP contribution in [0.3, 0.4) is 0 Å². The van der Waals surface area contributed by atoms with E-state index >= 15 is 0 Å². The van der Waals surface area contributed by atoms with Crippen molar-refractivity contribution >= 4 is 5.96 Å². The highest BCUT2D eigenvalue weighted by Crippen LogP contribution is 2.01. The number of rotatable bonds is 3. The summed E-state index contributed by atoms with van der Waals surface area (Å²) in [6.45, 7) is 11.6. The molecule has 6 heteroatoms. The molecule has 0 unspecified atom stereocenters. The van der Waals surface area contributed by atoms with Crippen molar-refractivity contribution < 1.29 is 0 Å². The topological polar surface area (TPSA) is 67.1 Å². The van der Waals surface area contributed by atoms with Gasteiger partial charge in [-0.3, -0.25) is 0 Å². The third-order valence-corrected chi connectivity index (χ3v) is 2.40. The normalized spacial score (nSPS) is 12.7. The summed E-state index contributed by atoms with van der Waals surface area (Å²) in [6, 6.07) is 0. The van der Waals surface area contributed by atoms with E-state index in [2.05, 4.69) is 46.6 Å². The zero-order chi connectivity index (χ0) is 13.8. The number of nitrogens with zero attached hydrogens (tertiary/aromatic N) is 4. The van der Waals surface area contributed by atoms with Crippen LogP contribution in [-0.4, -0.2) is 32.8 Å². The van der Waals surface area contributed by atoms with E-state index in [9.17, 15) is 0 Å². The lowest BCUT2D eigenvalue weighted by atomic mass is 10.1. The van der Waals surface area contributed by atoms with Gasteiger partial charge in [0.2, 0.25) is 0 Å². The Hall–Kier alpha value is -1.59. The van der Waals surface area contributed by atoms with E-state index in [0.29, 0.717) is 6.54 Å². The summed E-state index contributed by atoms with van der Waals surface area (Å²) in [5, 5.41) is 14.7. The number of nitrogens with one attached hydrogen (secondary N) is 2. The van der Waals surface area contributed by atoms with E-state index in [-0.39, 0.29) is 5.54 Å². The van der Waals surface area contributed by atoms with Gasteiger partial charge in [-0.1, -0.05) is 0 Å². The molecule has 0 aliphatic heterocycles. The fourth-order valence-corrected chi connectivity index (χ4v) is 1.40. The number of aromatic nitrogens is 3. The highest BCUT2D eigenvalue weighted by atomic mass is 15.3. The SMILES string of the molecule is CCNC(=NCc1nnc(C)n1C)NC(C)(C)C. The van der Waals surface area contributed by atoms with Crippen LogP contribution in [0.1, 0.15) is 39.3 Å². The molecule has 18 heavy (non-hydrogen) atoms. The van der Waals surface area contributed by atoms with E-state index in [1.807, 2.05) is 25.5 Å². The van der Waals surface area contributed by atoms with Crippen molar-refractivity contribution in [1.82, 2.24) is 25.4 Å². The van der Waals surface area contributed by atoms with Crippen molar-refractivity contribution in [2.24, 2.45) is 12.0 Å². The fraction of sp³-hybridized carbons (Fsp3) is 0.750. The molecule has 0 bridgehead atoms. The molecular weight excluding hydrogens is 228 g/mol.